The van der Waals surface area contributed by atoms with E-state index in [1.807, 2.05) is 4.90 Å². The maximum Gasteiger partial charge on any atom is 0.236 e. The molecule has 3 nitrogen and oxygen atoms in total. The standard InChI is InChI=1S/C15H22N2O/c1-12-6-5-7-14(10-12)13(2)16-11-15(18)17-8-3-4-9-17/h5-7,10,13,16H,3-4,8-9,11H2,1-2H3/t13-/m1/s1. The monoisotopic (exact) mass is 246 g/mol. The Morgan fingerprint density at radius 3 is 2.78 bits per heavy atom. The molecule has 1 N–H and O–H groups in total. The van der Waals surface area contributed by atoms with Crippen LogP contribution in [0.15, 0.2) is 24.3 Å². The predicted molar refractivity (Wildman–Crippen MR) is 73.4 cm³/mol. The van der Waals surface area contributed by atoms with E-state index >= 15 is 0 Å². The molecule has 1 atom stereocenters. The van der Waals surface area contributed by atoms with Gasteiger partial charge in [-0.25, -0.2) is 0 Å². The first-order valence-corrected chi connectivity index (χ1v) is 6.74. The van der Waals surface area contributed by atoms with Crippen LogP contribution in [-0.4, -0.2) is 30.4 Å². The third-order valence-corrected chi connectivity index (χ3v) is 3.56. The number of rotatable bonds is 4. The van der Waals surface area contributed by atoms with Gasteiger partial charge in [0, 0.05) is 19.1 Å². The van der Waals surface area contributed by atoms with Gasteiger partial charge in [0.2, 0.25) is 5.91 Å². The minimum atomic E-state index is 0.219. The molecule has 18 heavy (non-hydrogen) atoms. The molecule has 0 spiro atoms. The van der Waals surface area contributed by atoms with Crippen molar-refractivity contribution in [2.75, 3.05) is 19.6 Å². The van der Waals surface area contributed by atoms with E-state index in [9.17, 15) is 4.79 Å². The van der Waals surface area contributed by atoms with E-state index < -0.39 is 0 Å². The van der Waals surface area contributed by atoms with Crippen LogP contribution in [0.2, 0.25) is 0 Å². The van der Waals surface area contributed by atoms with Gasteiger partial charge in [0.25, 0.3) is 0 Å². The molecule has 1 amide bonds. The van der Waals surface area contributed by atoms with Gasteiger partial charge in [-0.3, -0.25) is 4.79 Å². The van der Waals surface area contributed by atoms with Crippen LogP contribution in [0.25, 0.3) is 0 Å². The van der Waals surface area contributed by atoms with E-state index in [-0.39, 0.29) is 11.9 Å². The SMILES string of the molecule is Cc1cccc([C@@H](C)NCC(=O)N2CCCC2)c1. The number of amides is 1. The highest BCUT2D eigenvalue weighted by Gasteiger charge is 2.18. The lowest BCUT2D eigenvalue weighted by atomic mass is 10.1. The Bertz CT molecular complexity index is 411. The molecule has 0 saturated carbocycles. The summed E-state index contributed by atoms with van der Waals surface area (Å²) in [4.78, 5) is 13.9. The van der Waals surface area contributed by atoms with Gasteiger partial charge in [0.1, 0.15) is 0 Å². The molecule has 0 radical (unpaired) electrons. The lowest BCUT2D eigenvalue weighted by molar-refractivity contribution is -0.129. The summed E-state index contributed by atoms with van der Waals surface area (Å²) in [6, 6.07) is 8.64. The normalized spacial score (nSPS) is 16.9. The first-order chi connectivity index (χ1) is 8.66. The number of hydrogen-bond donors (Lipinski definition) is 1. The molecule has 1 heterocycles. The Hall–Kier alpha value is -1.35. The second kappa shape index (κ2) is 6.01. The predicted octanol–water partition coefficient (Wildman–Crippen LogP) is 2.27. The zero-order chi connectivity index (χ0) is 13.0. The van der Waals surface area contributed by atoms with Crippen LogP contribution in [0.1, 0.15) is 36.9 Å². The van der Waals surface area contributed by atoms with Gasteiger partial charge in [0.15, 0.2) is 0 Å². The Morgan fingerprint density at radius 1 is 1.39 bits per heavy atom. The minimum Gasteiger partial charge on any atom is -0.342 e. The van der Waals surface area contributed by atoms with Gasteiger partial charge in [-0.1, -0.05) is 29.8 Å². The van der Waals surface area contributed by atoms with Crippen molar-refractivity contribution >= 4 is 5.91 Å². The number of nitrogens with one attached hydrogen (secondary N) is 1. The zero-order valence-corrected chi connectivity index (χ0v) is 11.3. The van der Waals surface area contributed by atoms with Crippen LogP contribution in [0.5, 0.6) is 0 Å². The summed E-state index contributed by atoms with van der Waals surface area (Å²) >= 11 is 0. The van der Waals surface area contributed by atoms with Crippen LogP contribution in [0, 0.1) is 6.92 Å². The number of hydrogen-bond acceptors (Lipinski definition) is 2. The number of likely N-dealkylation sites (tertiary alicyclic amines) is 1. The highest BCUT2D eigenvalue weighted by atomic mass is 16.2. The number of carbonyl (C=O) groups is 1. The first-order valence-electron chi connectivity index (χ1n) is 6.74. The second-order valence-electron chi connectivity index (χ2n) is 5.10. The number of carbonyl (C=O) groups excluding carboxylic acids is 1. The van der Waals surface area contributed by atoms with Crippen molar-refractivity contribution in [2.45, 2.75) is 32.7 Å². The lowest BCUT2D eigenvalue weighted by Gasteiger charge is -2.19. The fourth-order valence-corrected chi connectivity index (χ4v) is 2.38. The van der Waals surface area contributed by atoms with Crippen molar-refractivity contribution in [1.82, 2.24) is 10.2 Å². The van der Waals surface area contributed by atoms with Crippen LogP contribution >= 0.6 is 0 Å². The molecule has 1 aliphatic rings. The first kappa shape index (κ1) is 13.1. The summed E-state index contributed by atoms with van der Waals surface area (Å²) in [6.45, 7) is 6.49. The highest BCUT2D eigenvalue weighted by Crippen LogP contribution is 2.14. The van der Waals surface area contributed by atoms with Crippen molar-refractivity contribution < 1.29 is 4.79 Å². The molecule has 1 saturated heterocycles. The highest BCUT2D eigenvalue weighted by molar-refractivity contribution is 5.78. The molecule has 98 valence electrons. The van der Waals surface area contributed by atoms with E-state index in [1.54, 1.807) is 0 Å². The molecule has 0 unspecified atom stereocenters. The maximum absolute atomic E-state index is 11.9. The van der Waals surface area contributed by atoms with Crippen molar-refractivity contribution in [3.8, 4) is 0 Å². The molecule has 1 fully saturated rings. The molecule has 1 aliphatic heterocycles. The molecule has 2 rings (SSSR count). The Kier molecular flexibility index (Phi) is 4.37. The third kappa shape index (κ3) is 3.33. The van der Waals surface area contributed by atoms with Gasteiger partial charge in [-0.05, 0) is 32.3 Å². The fraction of sp³-hybridized carbons (Fsp3) is 0.533. The van der Waals surface area contributed by atoms with Gasteiger partial charge in [-0.15, -0.1) is 0 Å². The van der Waals surface area contributed by atoms with E-state index in [2.05, 4.69) is 43.4 Å². The van der Waals surface area contributed by atoms with Crippen molar-refractivity contribution in [2.24, 2.45) is 0 Å². The smallest absolute Gasteiger partial charge is 0.236 e. The van der Waals surface area contributed by atoms with Gasteiger partial charge < -0.3 is 10.2 Å². The summed E-state index contributed by atoms with van der Waals surface area (Å²) in [7, 11) is 0. The number of benzene rings is 1. The number of nitrogens with zero attached hydrogens (tertiary/aromatic N) is 1. The molecule has 1 aromatic rings. The third-order valence-electron chi connectivity index (χ3n) is 3.56. The molecular weight excluding hydrogens is 224 g/mol. The van der Waals surface area contributed by atoms with E-state index in [0.29, 0.717) is 6.54 Å². The quantitative estimate of drug-likeness (QED) is 0.884. The van der Waals surface area contributed by atoms with E-state index in [4.69, 9.17) is 0 Å². The lowest BCUT2D eigenvalue weighted by Crippen LogP contribution is -2.37. The summed E-state index contributed by atoms with van der Waals surface area (Å²) in [6.07, 6.45) is 2.30. The molecule has 3 heteroatoms. The van der Waals surface area contributed by atoms with Gasteiger partial charge in [0.05, 0.1) is 6.54 Å². The van der Waals surface area contributed by atoms with Crippen molar-refractivity contribution in [1.29, 1.82) is 0 Å². The topological polar surface area (TPSA) is 32.3 Å². The average molecular weight is 246 g/mol. The van der Waals surface area contributed by atoms with Crippen LogP contribution in [0.4, 0.5) is 0 Å². The summed E-state index contributed by atoms with van der Waals surface area (Å²) in [5, 5.41) is 3.31. The van der Waals surface area contributed by atoms with Gasteiger partial charge >= 0.3 is 0 Å². The van der Waals surface area contributed by atoms with Crippen molar-refractivity contribution in [3.05, 3.63) is 35.4 Å². The van der Waals surface area contributed by atoms with Crippen molar-refractivity contribution in [3.63, 3.8) is 0 Å². The minimum absolute atomic E-state index is 0.219. The molecule has 0 aromatic heterocycles. The zero-order valence-electron chi connectivity index (χ0n) is 11.3. The molecular formula is C15H22N2O. The van der Waals surface area contributed by atoms with Crippen LogP contribution in [-0.2, 0) is 4.79 Å². The Morgan fingerprint density at radius 2 is 2.11 bits per heavy atom. The van der Waals surface area contributed by atoms with Crippen LogP contribution < -0.4 is 5.32 Å². The Balaban J connectivity index is 1.84. The largest absolute Gasteiger partial charge is 0.342 e. The van der Waals surface area contributed by atoms with E-state index in [0.717, 1.165) is 25.9 Å². The average Bonchev–Trinajstić information content (AvgIpc) is 2.89. The maximum atomic E-state index is 11.9. The number of aryl methyl sites for hydroxylation is 1. The molecule has 1 aromatic carbocycles. The fourth-order valence-electron chi connectivity index (χ4n) is 2.38. The van der Waals surface area contributed by atoms with E-state index in [1.165, 1.54) is 11.1 Å². The molecule has 0 bridgehead atoms. The second-order valence-corrected chi connectivity index (χ2v) is 5.10. The van der Waals surface area contributed by atoms with Gasteiger partial charge in [-0.2, -0.15) is 0 Å². The Labute approximate surface area is 109 Å². The summed E-state index contributed by atoms with van der Waals surface area (Å²) in [5.74, 6) is 0.229. The molecule has 0 aliphatic carbocycles. The van der Waals surface area contributed by atoms with Crippen LogP contribution in [0.3, 0.4) is 0 Å². The summed E-state index contributed by atoms with van der Waals surface area (Å²) in [5.41, 5.74) is 2.50. The summed E-state index contributed by atoms with van der Waals surface area (Å²) < 4.78 is 0.